The standard InChI is InChI=1S/C15H32O2/c1-8-9-17-12-15(7,10-13(2,3)4)11-14(5,6)16/h16H,8-12H2,1-7H3. The highest BCUT2D eigenvalue weighted by molar-refractivity contribution is 4.85. The van der Waals surface area contributed by atoms with Gasteiger partial charge in [-0.1, -0.05) is 34.6 Å². The van der Waals surface area contributed by atoms with Crippen molar-refractivity contribution in [3.8, 4) is 0 Å². The average Bonchev–Trinajstić information content (AvgIpc) is 1.96. The summed E-state index contributed by atoms with van der Waals surface area (Å²) < 4.78 is 5.73. The Kier molecular flexibility index (Phi) is 6.16. The number of hydrogen-bond donors (Lipinski definition) is 1. The molecule has 0 heterocycles. The SMILES string of the molecule is CCCOCC(C)(CC(C)(C)C)CC(C)(C)O. The van der Waals surface area contributed by atoms with Crippen molar-refractivity contribution in [3.63, 3.8) is 0 Å². The van der Waals surface area contributed by atoms with Crippen molar-refractivity contribution in [1.29, 1.82) is 0 Å². The molecule has 0 fully saturated rings. The summed E-state index contributed by atoms with van der Waals surface area (Å²) in [6, 6.07) is 0. The first kappa shape index (κ1) is 16.9. The minimum Gasteiger partial charge on any atom is -0.390 e. The second-order valence-electron chi connectivity index (χ2n) is 7.59. The lowest BCUT2D eigenvalue weighted by atomic mass is 9.70. The molecule has 2 nitrogen and oxygen atoms in total. The molecule has 1 N–H and O–H groups in total. The normalized spacial score (nSPS) is 16.9. The molecule has 0 aromatic carbocycles. The van der Waals surface area contributed by atoms with E-state index < -0.39 is 5.60 Å². The molecule has 0 amide bonds. The van der Waals surface area contributed by atoms with Crippen LogP contribution in [0.25, 0.3) is 0 Å². The maximum atomic E-state index is 10.1. The van der Waals surface area contributed by atoms with E-state index in [1.165, 1.54) is 0 Å². The van der Waals surface area contributed by atoms with Gasteiger partial charge in [-0.2, -0.15) is 0 Å². The monoisotopic (exact) mass is 244 g/mol. The Morgan fingerprint density at radius 1 is 0.941 bits per heavy atom. The zero-order valence-electron chi connectivity index (χ0n) is 12.9. The van der Waals surface area contributed by atoms with Crippen LogP contribution < -0.4 is 0 Å². The van der Waals surface area contributed by atoms with Crippen LogP contribution in [-0.2, 0) is 4.74 Å². The van der Waals surface area contributed by atoms with E-state index in [0.29, 0.717) is 0 Å². The number of hydrogen-bond acceptors (Lipinski definition) is 2. The van der Waals surface area contributed by atoms with E-state index in [-0.39, 0.29) is 10.8 Å². The molecular weight excluding hydrogens is 212 g/mol. The molecule has 0 rings (SSSR count). The average molecular weight is 244 g/mol. The molecule has 0 saturated heterocycles. The van der Waals surface area contributed by atoms with Crippen LogP contribution in [0.15, 0.2) is 0 Å². The number of aliphatic hydroxyl groups is 1. The molecule has 0 radical (unpaired) electrons. The Morgan fingerprint density at radius 2 is 1.47 bits per heavy atom. The predicted octanol–water partition coefficient (Wildman–Crippen LogP) is 4.02. The summed E-state index contributed by atoms with van der Waals surface area (Å²) in [6.45, 7) is 16.4. The Hall–Kier alpha value is -0.0800. The summed E-state index contributed by atoms with van der Waals surface area (Å²) in [5, 5.41) is 10.1. The maximum absolute atomic E-state index is 10.1. The summed E-state index contributed by atoms with van der Waals surface area (Å²) in [7, 11) is 0. The molecule has 2 heteroatoms. The van der Waals surface area contributed by atoms with Gasteiger partial charge in [0.25, 0.3) is 0 Å². The molecule has 0 aliphatic carbocycles. The molecule has 0 bridgehead atoms. The van der Waals surface area contributed by atoms with Crippen molar-refractivity contribution >= 4 is 0 Å². The largest absolute Gasteiger partial charge is 0.390 e. The zero-order chi connectivity index (χ0) is 13.7. The molecule has 1 atom stereocenters. The third kappa shape index (κ3) is 9.61. The molecule has 0 aliphatic heterocycles. The Morgan fingerprint density at radius 3 is 1.82 bits per heavy atom. The smallest absolute Gasteiger partial charge is 0.0597 e. The second kappa shape index (κ2) is 6.19. The Bertz CT molecular complexity index is 192. The van der Waals surface area contributed by atoms with Crippen LogP contribution in [0.1, 0.15) is 67.7 Å². The van der Waals surface area contributed by atoms with E-state index in [0.717, 1.165) is 32.5 Å². The number of ether oxygens (including phenoxy) is 1. The van der Waals surface area contributed by atoms with Gasteiger partial charge in [0.15, 0.2) is 0 Å². The lowest BCUT2D eigenvalue weighted by Gasteiger charge is -2.39. The molecule has 104 valence electrons. The zero-order valence-corrected chi connectivity index (χ0v) is 12.9. The van der Waals surface area contributed by atoms with Crippen LogP contribution in [0.4, 0.5) is 0 Å². The van der Waals surface area contributed by atoms with E-state index in [1.54, 1.807) is 0 Å². The van der Waals surface area contributed by atoms with Gasteiger partial charge in [-0.3, -0.25) is 0 Å². The molecule has 1 unspecified atom stereocenters. The maximum Gasteiger partial charge on any atom is 0.0597 e. The fourth-order valence-electron chi connectivity index (χ4n) is 2.95. The first-order valence-corrected chi connectivity index (χ1v) is 6.78. The van der Waals surface area contributed by atoms with Crippen LogP contribution in [0, 0.1) is 10.8 Å². The van der Waals surface area contributed by atoms with Crippen molar-refractivity contribution in [2.75, 3.05) is 13.2 Å². The van der Waals surface area contributed by atoms with E-state index in [9.17, 15) is 5.11 Å². The topological polar surface area (TPSA) is 29.5 Å². The molecule has 17 heavy (non-hydrogen) atoms. The molecule has 0 aromatic heterocycles. The minimum absolute atomic E-state index is 0.0473. The van der Waals surface area contributed by atoms with Crippen LogP contribution in [-0.4, -0.2) is 23.9 Å². The van der Waals surface area contributed by atoms with Gasteiger partial charge in [-0.25, -0.2) is 0 Å². The highest BCUT2D eigenvalue weighted by Gasteiger charge is 2.35. The lowest BCUT2D eigenvalue weighted by Crippen LogP contribution is -2.36. The van der Waals surface area contributed by atoms with Crippen LogP contribution >= 0.6 is 0 Å². The number of rotatable bonds is 7. The fourth-order valence-corrected chi connectivity index (χ4v) is 2.95. The van der Waals surface area contributed by atoms with Crippen LogP contribution in [0.3, 0.4) is 0 Å². The molecule has 0 aliphatic rings. The molecule has 0 aromatic rings. The Labute approximate surface area is 108 Å². The second-order valence-corrected chi connectivity index (χ2v) is 7.59. The Balaban J connectivity index is 4.57. The predicted molar refractivity (Wildman–Crippen MR) is 74.2 cm³/mol. The summed E-state index contributed by atoms with van der Waals surface area (Å²) in [6.07, 6.45) is 2.89. The van der Waals surface area contributed by atoms with Crippen molar-refractivity contribution in [2.45, 2.75) is 73.3 Å². The highest BCUT2D eigenvalue weighted by Crippen LogP contribution is 2.39. The highest BCUT2D eigenvalue weighted by atomic mass is 16.5. The summed E-state index contributed by atoms with van der Waals surface area (Å²) >= 11 is 0. The first-order chi connectivity index (χ1) is 7.47. The van der Waals surface area contributed by atoms with Crippen molar-refractivity contribution in [1.82, 2.24) is 0 Å². The molecule has 0 saturated carbocycles. The van der Waals surface area contributed by atoms with E-state index >= 15 is 0 Å². The lowest BCUT2D eigenvalue weighted by molar-refractivity contribution is -0.0344. The van der Waals surface area contributed by atoms with Gasteiger partial charge in [-0.15, -0.1) is 0 Å². The van der Waals surface area contributed by atoms with Crippen LogP contribution in [0.5, 0.6) is 0 Å². The van der Waals surface area contributed by atoms with Crippen molar-refractivity contribution in [2.24, 2.45) is 10.8 Å². The van der Waals surface area contributed by atoms with Gasteiger partial charge >= 0.3 is 0 Å². The quantitative estimate of drug-likeness (QED) is 0.685. The summed E-state index contributed by atoms with van der Waals surface area (Å²) in [5.74, 6) is 0. The van der Waals surface area contributed by atoms with Gasteiger partial charge in [0.05, 0.1) is 12.2 Å². The van der Waals surface area contributed by atoms with Gasteiger partial charge < -0.3 is 9.84 Å². The summed E-state index contributed by atoms with van der Waals surface area (Å²) in [4.78, 5) is 0. The van der Waals surface area contributed by atoms with Gasteiger partial charge in [0.2, 0.25) is 0 Å². The van der Waals surface area contributed by atoms with E-state index in [4.69, 9.17) is 4.74 Å². The third-order valence-corrected chi connectivity index (χ3v) is 2.62. The molecule has 0 spiro atoms. The molecular formula is C15H32O2. The van der Waals surface area contributed by atoms with E-state index in [1.807, 2.05) is 13.8 Å². The van der Waals surface area contributed by atoms with Gasteiger partial charge in [0.1, 0.15) is 0 Å². The summed E-state index contributed by atoms with van der Waals surface area (Å²) in [5.41, 5.74) is -0.323. The fraction of sp³-hybridized carbons (Fsp3) is 1.00. The third-order valence-electron chi connectivity index (χ3n) is 2.62. The minimum atomic E-state index is -0.629. The van der Waals surface area contributed by atoms with Crippen molar-refractivity contribution in [3.05, 3.63) is 0 Å². The van der Waals surface area contributed by atoms with Gasteiger partial charge in [0, 0.05) is 6.61 Å². The first-order valence-electron chi connectivity index (χ1n) is 6.78. The van der Waals surface area contributed by atoms with Crippen LogP contribution in [0.2, 0.25) is 0 Å². The van der Waals surface area contributed by atoms with Gasteiger partial charge in [-0.05, 0) is 43.9 Å². The van der Waals surface area contributed by atoms with E-state index in [2.05, 4.69) is 34.6 Å². The van der Waals surface area contributed by atoms with Crippen molar-refractivity contribution < 1.29 is 9.84 Å².